The number of carbonyl (C=O) groups excluding carboxylic acids is 1. The minimum atomic E-state index is -4.34. The summed E-state index contributed by atoms with van der Waals surface area (Å²) in [4.78, 5) is 14.7. The summed E-state index contributed by atoms with van der Waals surface area (Å²) >= 11 is 6.29. The highest BCUT2D eigenvalue weighted by Crippen LogP contribution is 2.29. The number of likely N-dealkylation sites (tertiary alicyclic amines) is 1. The van der Waals surface area contributed by atoms with Crippen molar-refractivity contribution in [3.05, 3.63) is 70.2 Å². The minimum absolute atomic E-state index is 0.0246. The lowest BCUT2D eigenvalue weighted by Gasteiger charge is -2.23. The van der Waals surface area contributed by atoms with Crippen LogP contribution in [0.3, 0.4) is 0 Å². The number of carbonyl (C=O) groups is 1. The molecule has 4 nitrogen and oxygen atoms in total. The standard InChI is InChI=1S/C22H25ClF3N3O/c1-2-27-21(30)20-11-18(14-29(20)13-16-5-3-4-6-19(16)23)28-12-15-7-9-17(10-8-15)22(24,25)26/h3-10,18,20,28H,2,11-14H2,1H3,(H,27,30)/t18-,20+/m1/s1. The molecule has 2 aromatic carbocycles. The molecule has 1 aliphatic heterocycles. The van der Waals surface area contributed by atoms with Crippen molar-refractivity contribution in [2.75, 3.05) is 13.1 Å². The van der Waals surface area contributed by atoms with E-state index < -0.39 is 11.7 Å². The number of likely N-dealkylation sites (N-methyl/N-ethyl adjacent to an activating group) is 1. The fourth-order valence-electron chi connectivity index (χ4n) is 3.71. The van der Waals surface area contributed by atoms with Gasteiger partial charge in [-0.15, -0.1) is 0 Å². The number of nitrogens with zero attached hydrogens (tertiary/aromatic N) is 1. The van der Waals surface area contributed by atoms with Crippen molar-refractivity contribution < 1.29 is 18.0 Å². The molecule has 1 saturated heterocycles. The van der Waals surface area contributed by atoms with Crippen LogP contribution in [0.15, 0.2) is 48.5 Å². The van der Waals surface area contributed by atoms with E-state index in [1.54, 1.807) is 0 Å². The van der Waals surface area contributed by atoms with E-state index in [-0.39, 0.29) is 18.0 Å². The molecule has 1 amide bonds. The van der Waals surface area contributed by atoms with Gasteiger partial charge in [0.15, 0.2) is 0 Å². The molecule has 1 fully saturated rings. The molecule has 0 spiro atoms. The maximum Gasteiger partial charge on any atom is 0.416 e. The van der Waals surface area contributed by atoms with E-state index in [1.807, 2.05) is 31.2 Å². The van der Waals surface area contributed by atoms with Crippen molar-refractivity contribution >= 4 is 17.5 Å². The van der Waals surface area contributed by atoms with Crippen LogP contribution < -0.4 is 10.6 Å². The Morgan fingerprint density at radius 3 is 2.50 bits per heavy atom. The Morgan fingerprint density at radius 1 is 1.17 bits per heavy atom. The van der Waals surface area contributed by atoms with Crippen LogP contribution in [0.2, 0.25) is 5.02 Å². The number of hydrogen-bond acceptors (Lipinski definition) is 3. The Kier molecular flexibility index (Phi) is 7.39. The Labute approximate surface area is 179 Å². The van der Waals surface area contributed by atoms with Crippen LogP contribution >= 0.6 is 11.6 Å². The first-order valence-electron chi connectivity index (χ1n) is 9.92. The Bertz CT molecular complexity index is 857. The van der Waals surface area contributed by atoms with E-state index in [4.69, 9.17) is 11.6 Å². The van der Waals surface area contributed by atoms with E-state index in [2.05, 4.69) is 15.5 Å². The fourth-order valence-corrected chi connectivity index (χ4v) is 3.91. The quantitative estimate of drug-likeness (QED) is 0.678. The van der Waals surface area contributed by atoms with Crippen molar-refractivity contribution in [2.24, 2.45) is 0 Å². The molecule has 3 rings (SSSR count). The van der Waals surface area contributed by atoms with Crippen molar-refractivity contribution in [2.45, 2.75) is 44.7 Å². The topological polar surface area (TPSA) is 44.4 Å². The van der Waals surface area contributed by atoms with Gasteiger partial charge in [0, 0.05) is 37.2 Å². The van der Waals surface area contributed by atoms with E-state index in [9.17, 15) is 18.0 Å². The lowest BCUT2D eigenvalue weighted by atomic mass is 10.1. The SMILES string of the molecule is CCNC(=O)[C@@H]1C[C@@H](NCc2ccc(C(F)(F)F)cc2)CN1Cc1ccccc1Cl. The normalized spacial score (nSPS) is 19.8. The van der Waals surface area contributed by atoms with E-state index in [0.29, 0.717) is 37.6 Å². The van der Waals surface area contributed by atoms with Crippen molar-refractivity contribution in [1.29, 1.82) is 0 Å². The molecule has 0 aliphatic carbocycles. The van der Waals surface area contributed by atoms with Gasteiger partial charge in [0.05, 0.1) is 11.6 Å². The van der Waals surface area contributed by atoms with E-state index in [0.717, 1.165) is 23.3 Å². The molecule has 2 atom stereocenters. The number of nitrogens with one attached hydrogen (secondary N) is 2. The van der Waals surface area contributed by atoms with Gasteiger partial charge in [-0.1, -0.05) is 41.9 Å². The molecular formula is C22H25ClF3N3O. The molecule has 1 heterocycles. The summed E-state index contributed by atoms with van der Waals surface area (Å²) in [6, 6.07) is 12.5. The van der Waals surface area contributed by atoms with Crippen LogP contribution in [0.5, 0.6) is 0 Å². The van der Waals surface area contributed by atoms with Gasteiger partial charge in [0.2, 0.25) is 5.91 Å². The summed E-state index contributed by atoms with van der Waals surface area (Å²) in [5, 5.41) is 6.92. The number of rotatable bonds is 7. The van der Waals surface area contributed by atoms with Gasteiger partial charge in [-0.25, -0.2) is 0 Å². The number of hydrogen-bond donors (Lipinski definition) is 2. The van der Waals surface area contributed by atoms with Crippen molar-refractivity contribution in [1.82, 2.24) is 15.5 Å². The zero-order chi connectivity index (χ0) is 21.7. The third kappa shape index (κ3) is 5.74. The Balaban J connectivity index is 1.64. The summed E-state index contributed by atoms with van der Waals surface area (Å²) in [6.07, 6.45) is -3.71. The fraction of sp³-hybridized carbons (Fsp3) is 0.409. The highest BCUT2D eigenvalue weighted by Gasteiger charge is 2.36. The van der Waals surface area contributed by atoms with E-state index >= 15 is 0 Å². The van der Waals surface area contributed by atoms with Gasteiger partial charge in [-0.05, 0) is 42.7 Å². The first-order valence-corrected chi connectivity index (χ1v) is 10.3. The van der Waals surface area contributed by atoms with Crippen LogP contribution in [-0.2, 0) is 24.1 Å². The molecule has 30 heavy (non-hydrogen) atoms. The second-order valence-electron chi connectivity index (χ2n) is 7.44. The molecular weight excluding hydrogens is 415 g/mol. The van der Waals surface area contributed by atoms with Gasteiger partial charge in [0.25, 0.3) is 0 Å². The van der Waals surface area contributed by atoms with Crippen LogP contribution in [-0.4, -0.2) is 36.0 Å². The van der Waals surface area contributed by atoms with Crippen molar-refractivity contribution in [3.8, 4) is 0 Å². The van der Waals surface area contributed by atoms with Crippen molar-refractivity contribution in [3.63, 3.8) is 0 Å². The molecule has 0 saturated carbocycles. The highest BCUT2D eigenvalue weighted by atomic mass is 35.5. The second kappa shape index (κ2) is 9.81. The predicted octanol–water partition coefficient (Wildman–Crippen LogP) is 4.23. The third-order valence-electron chi connectivity index (χ3n) is 5.26. The largest absolute Gasteiger partial charge is 0.416 e. The average molecular weight is 440 g/mol. The monoisotopic (exact) mass is 439 g/mol. The summed E-state index contributed by atoms with van der Waals surface area (Å²) in [5.41, 5.74) is 1.06. The number of amides is 1. The minimum Gasteiger partial charge on any atom is -0.355 e. The molecule has 0 radical (unpaired) electrons. The van der Waals surface area contributed by atoms with Gasteiger partial charge < -0.3 is 10.6 Å². The summed E-state index contributed by atoms with van der Waals surface area (Å²) < 4.78 is 38.1. The predicted molar refractivity (Wildman–Crippen MR) is 111 cm³/mol. The lowest BCUT2D eigenvalue weighted by molar-refractivity contribution is -0.137. The van der Waals surface area contributed by atoms with Gasteiger partial charge in [0.1, 0.15) is 0 Å². The number of alkyl halides is 3. The van der Waals surface area contributed by atoms with E-state index in [1.165, 1.54) is 12.1 Å². The first-order chi connectivity index (χ1) is 14.3. The van der Waals surface area contributed by atoms with Crippen LogP contribution in [0.1, 0.15) is 30.0 Å². The highest BCUT2D eigenvalue weighted by molar-refractivity contribution is 6.31. The summed E-state index contributed by atoms with van der Waals surface area (Å²) in [5.74, 6) is -0.0246. The molecule has 8 heteroatoms. The smallest absolute Gasteiger partial charge is 0.355 e. The lowest BCUT2D eigenvalue weighted by Crippen LogP contribution is -2.42. The molecule has 162 valence electrons. The number of halogens is 4. The number of benzene rings is 2. The van der Waals surface area contributed by atoms with Crippen LogP contribution in [0.25, 0.3) is 0 Å². The van der Waals surface area contributed by atoms with Gasteiger partial charge >= 0.3 is 6.18 Å². The maximum absolute atomic E-state index is 12.7. The zero-order valence-corrected chi connectivity index (χ0v) is 17.4. The van der Waals surface area contributed by atoms with Gasteiger partial charge in [-0.3, -0.25) is 9.69 Å². The molecule has 0 unspecified atom stereocenters. The first kappa shape index (κ1) is 22.6. The Morgan fingerprint density at radius 2 is 1.87 bits per heavy atom. The second-order valence-corrected chi connectivity index (χ2v) is 7.85. The zero-order valence-electron chi connectivity index (χ0n) is 16.7. The Hall–Kier alpha value is -2.09. The summed E-state index contributed by atoms with van der Waals surface area (Å²) in [6.45, 7) is 4.07. The molecule has 2 N–H and O–H groups in total. The average Bonchev–Trinajstić information content (AvgIpc) is 3.11. The molecule has 1 aliphatic rings. The van der Waals surface area contributed by atoms with Gasteiger partial charge in [-0.2, -0.15) is 13.2 Å². The molecule has 0 bridgehead atoms. The third-order valence-corrected chi connectivity index (χ3v) is 5.63. The summed E-state index contributed by atoms with van der Waals surface area (Å²) in [7, 11) is 0. The maximum atomic E-state index is 12.7. The van der Waals surface area contributed by atoms with Crippen LogP contribution in [0.4, 0.5) is 13.2 Å². The molecule has 0 aromatic heterocycles. The van der Waals surface area contributed by atoms with Crippen LogP contribution in [0, 0.1) is 0 Å². The molecule has 2 aromatic rings.